The number of benzene rings is 2. The number of nitrogens with two attached hydrogens (primary N) is 1. The highest BCUT2D eigenvalue weighted by Gasteiger charge is 2.15. The summed E-state index contributed by atoms with van der Waals surface area (Å²) in [6.45, 7) is 1.95. The maximum absolute atomic E-state index is 11.1. The fourth-order valence-corrected chi connectivity index (χ4v) is 2.17. The van der Waals surface area contributed by atoms with Crippen LogP contribution < -0.4 is 10.5 Å². The average Bonchev–Trinajstić information content (AvgIpc) is 2.33. The highest BCUT2D eigenvalue weighted by molar-refractivity contribution is 7.86. The molecule has 0 fully saturated rings. The van der Waals surface area contributed by atoms with Gasteiger partial charge in [-0.25, -0.2) is 0 Å². The van der Waals surface area contributed by atoms with Gasteiger partial charge in [0, 0.05) is 6.07 Å². The summed E-state index contributed by atoms with van der Waals surface area (Å²) in [4.78, 5) is -0.364. The van der Waals surface area contributed by atoms with Gasteiger partial charge in [0.25, 0.3) is 10.1 Å². The lowest BCUT2D eigenvalue weighted by Crippen LogP contribution is -2.03. The lowest BCUT2D eigenvalue weighted by molar-refractivity contribution is 0.472. The second-order valence-electron chi connectivity index (χ2n) is 4.09. The Morgan fingerprint density at radius 3 is 2.21 bits per heavy atom. The molecule has 0 bridgehead atoms. The Morgan fingerprint density at radius 1 is 1.05 bits per heavy atom. The van der Waals surface area contributed by atoms with Crippen LogP contribution in [0.1, 0.15) is 5.56 Å². The lowest BCUT2D eigenvalue weighted by atomic mass is 10.2. The van der Waals surface area contributed by atoms with Crippen molar-refractivity contribution in [1.29, 1.82) is 0 Å². The highest BCUT2D eigenvalue weighted by Crippen LogP contribution is 2.27. The smallest absolute Gasteiger partial charge is 0.296 e. The Labute approximate surface area is 111 Å². The van der Waals surface area contributed by atoms with Gasteiger partial charge in [-0.2, -0.15) is 8.42 Å². The number of hydrogen-bond donors (Lipinski definition) is 2. The van der Waals surface area contributed by atoms with Crippen LogP contribution in [0.5, 0.6) is 11.5 Å². The number of rotatable bonds is 3. The molecule has 0 aromatic heterocycles. The average molecular weight is 279 g/mol. The first-order chi connectivity index (χ1) is 8.86. The predicted molar refractivity (Wildman–Crippen MR) is 71.9 cm³/mol. The van der Waals surface area contributed by atoms with Crippen LogP contribution in [-0.2, 0) is 10.1 Å². The van der Waals surface area contributed by atoms with E-state index < -0.39 is 10.1 Å². The molecule has 0 aliphatic heterocycles. The Kier molecular flexibility index (Phi) is 3.46. The second kappa shape index (κ2) is 4.91. The summed E-state index contributed by atoms with van der Waals surface area (Å²) in [6, 6.07) is 11.4. The highest BCUT2D eigenvalue weighted by atomic mass is 32.2. The molecule has 0 aliphatic carbocycles. The molecule has 0 saturated carbocycles. The number of hydrogen-bond acceptors (Lipinski definition) is 4. The van der Waals surface area contributed by atoms with E-state index >= 15 is 0 Å². The molecule has 3 N–H and O–H groups in total. The standard InChI is InChI=1S/C13H13NO4S/c1-9-2-4-10(5-3-9)18-11-6-7-12(14)13(8-11)19(15,16)17/h2-8H,14H2,1H3,(H,15,16,17). The Balaban J connectivity index is 2.34. The van der Waals surface area contributed by atoms with E-state index in [9.17, 15) is 8.42 Å². The largest absolute Gasteiger partial charge is 0.457 e. The van der Waals surface area contributed by atoms with E-state index in [-0.39, 0.29) is 16.3 Å². The van der Waals surface area contributed by atoms with Crippen LogP contribution in [-0.4, -0.2) is 13.0 Å². The minimum absolute atomic E-state index is 0.0289. The zero-order valence-electron chi connectivity index (χ0n) is 10.2. The van der Waals surface area contributed by atoms with Crippen molar-refractivity contribution in [2.45, 2.75) is 11.8 Å². The van der Waals surface area contributed by atoms with Crippen LogP contribution in [0.25, 0.3) is 0 Å². The Hall–Kier alpha value is -2.05. The van der Waals surface area contributed by atoms with Gasteiger partial charge in [-0.15, -0.1) is 0 Å². The maximum Gasteiger partial charge on any atom is 0.296 e. The molecule has 5 nitrogen and oxygen atoms in total. The third-order valence-corrected chi connectivity index (χ3v) is 3.43. The summed E-state index contributed by atoms with van der Waals surface area (Å²) in [5.41, 5.74) is 6.55. The van der Waals surface area contributed by atoms with Crippen LogP contribution in [0, 0.1) is 6.92 Å². The summed E-state index contributed by atoms with van der Waals surface area (Å²) in [5.74, 6) is 0.849. The van der Waals surface area contributed by atoms with Crippen molar-refractivity contribution in [3.8, 4) is 11.5 Å². The van der Waals surface area contributed by atoms with Gasteiger partial charge in [0.15, 0.2) is 0 Å². The fraction of sp³-hybridized carbons (Fsp3) is 0.0769. The van der Waals surface area contributed by atoms with Gasteiger partial charge < -0.3 is 10.5 Å². The monoisotopic (exact) mass is 279 g/mol. The zero-order chi connectivity index (χ0) is 14.0. The first kappa shape index (κ1) is 13.4. The molecule has 0 spiro atoms. The van der Waals surface area contributed by atoms with Gasteiger partial charge in [-0.3, -0.25) is 4.55 Å². The van der Waals surface area contributed by atoms with Gasteiger partial charge in [-0.05, 0) is 31.2 Å². The van der Waals surface area contributed by atoms with E-state index in [1.165, 1.54) is 18.2 Å². The minimum Gasteiger partial charge on any atom is -0.457 e. The van der Waals surface area contributed by atoms with Gasteiger partial charge in [0.2, 0.25) is 0 Å². The van der Waals surface area contributed by atoms with Crippen molar-refractivity contribution >= 4 is 15.8 Å². The van der Waals surface area contributed by atoms with Crippen LogP contribution in [0.3, 0.4) is 0 Å². The topological polar surface area (TPSA) is 89.6 Å². The van der Waals surface area contributed by atoms with Gasteiger partial charge in [0.05, 0.1) is 5.69 Å². The molecule has 0 saturated heterocycles. The molecule has 2 aromatic rings. The molecular formula is C13H13NO4S. The number of nitrogen functional groups attached to an aromatic ring is 1. The van der Waals surface area contributed by atoms with Crippen LogP contribution in [0.4, 0.5) is 5.69 Å². The van der Waals surface area contributed by atoms with Gasteiger partial charge >= 0.3 is 0 Å². The molecule has 2 rings (SSSR count). The summed E-state index contributed by atoms with van der Waals surface area (Å²) >= 11 is 0. The zero-order valence-corrected chi connectivity index (χ0v) is 11.0. The molecular weight excluding hydrogens is 266 g/mol. The fourth-order valence-electron chi connectivity index (χ4n) is 1.54. The van der Waals surface area contributed by atoms with E-state index in [0.717, 1.165) is 5.56 Å². The molecule has 0 aliphatic rings. The van der Waals surface area contributed by atoms with Crippen LogP contribution in [0.2, 0.25) is 0 Å². The van der Waals surface area contributed by atoms with Crippen molar-refractivity contribution in [2.75, 3.05) is 5.73 Å². The quantitative estimate of drug-likeness (QED) is 0.666. The first-order valence-corrected chi connectivity index (χ1v) is 6.92. The van der Waals surface area contributed by atoms with Crippen molar-refractivity contribution in [2.24, 2.45) is 0 Å². The molecule has 100 valence electrons. The summed E-state index contributed by atoms with van der Waals surface area (Å²) in [5, 5.41) is 0. The van der Waals surface area contributed by atoms with Gasteiger partial charge in [0.1, 0.15) is 16.4 Å². The summed E-state index contributed by atoms with van der Waals surface area (Å²) in [6.07, 6.45) is 0. The van der Waals surface area contributed by atoms with Crippen molar-refractivity contribution < 1.29 is 17.7 Å². The van der Waals surface area contributed by atoms with Crippen molar-refractivity contribution in [3.05, 3.63) is 48.0 Å². The van der Waals surface area contributed by atoms with Crippen LogP contribution >= 0.6 is 0 Å². The molecule has 0 heterocycles. The van der Waals surface area contributed by atoms with E-state index in [2.05, 4.69) is 0 Å². The molecule has 0 radical (unpaired) electrons. The van der Waals surface area contributed by atoms with E-state index in [1.54, 1.807) is 12.1 Å². The maximum atomic E-state index is 11.1. The molecule has 2 aromatic carbocycles. The molecule has 6 heteroatoms. The van der Waals surface area contributed by atoms with E-state index in [0.29, 0.717) is 5.75 Å². The number of aryl methyl sites for hydroxylation is 1. The first-order valence-electron chi connectivity index (χ1n) is 5.48. The summed E-state index contributed by atoms with van der Waals surface area (Å²) in [7, 11) is -4.36. The van der Waals surface area contributed by atoms with Crippen molar-refractivity contribution in [1.82, 2.24) is 0 Å². The molecule has 0 unspecified atom stereocenters. The van der Waals surface area contributed by atoms with Crippen molar-refractivity contribution in [3.63, 3.8) is 0 Å². The second-order valence-corrected chi connectivity index (χ2v) is 5.48. The minimum atomic E-state index is -4.36. The third kappa shape index (κ3) is 3.24. The molecule has 0 amide bonds. The summed E-state index contributed by atoms with van der Waals surface area (Å²) < 4.78 is 36.8. The normalized spacial score (nSPS) is 11.3. The van der Waals surface area contributed by atoms with E-state index in [4.69, 9.17) is 15.0 Å². The number of ether oxygens (including phenoxy) is 1. The molecule has 0 atom stereocenters. The number of anilines is 1. The molecule has 19 heavy (non-hydrogen) atoms. The van der Waals surface area contributed by atoms with E-state index in [1.807, 2.05) is 19.1 Å². The predicted octanol–water partition coefficient (Wildman–Crippen LogP) is 2.62. The van der Waals surface area contributed by atoms with Crippen LogP contribution in [0.15, 0.2) is 47.4 Å². The Bertz CT molecular complexity index is 693. The van der Waals surface area contributed by atoms with Gasteiger partial charge in [-0.1, -0.05) is 17.7 Å². The Morgan fingerprint density at radius 2 is 1.63 bits per heavy atom. The third-order valence-electron chi connectivity index (χ3n) is 2.52. The SMILES string of the molecule is Cc1ccc(Oc2ccc(N)c(S(=O)(=O)O)c2)cc1. The lowest BCUT2D eigenvalue weighted by Gasteiger charge is -2.08.